The first kappa shape index (κ1) is 22.2. The third-order valence-electron chi connectivity index (χ3n) is 5.34. The lowest BCUT2D eigenvalue weighted by molar-refractivity contribution is -0.115. The number of thiazole rings is 1. The Labute approximate surface area is 195 Å². The number of anilines is 3. The van der Waals surface area contributed by atoms with E-state index in [9.17, 15) is 4.79 Å². The molecule has 1 aliphatic rings. The number of carbonyl (C=O) groups is 1. The number of para-hydroxylation sites is 1. The van der Waals surface area contributed by atoms with Crippen LogP contribution in [-0.4, -0.2) is 27.1 Å². The highest BCUT2D eigenvalue weighted by molar-refractivity contribution is 8.00. The number of aryl methyl sites for hydroxylation is 1. The van der Waals surface area contributed by atoms with E-state index in [2.05, 4.69) is 28.5 Å². The molecule has 0 radical (unpaired) electrons. The first-order chi connectivity index (χ1) is 15.1. The number of thioether (sulfide) groups is 1. The predicted molar refractivity (Wildman–Crippen MR) is 131 cm³/mol. The van der Waals surface area contributed by atoms with Gasteiger partial charge >= 0.3 is 0 Å². The zero-order chi connectivity index (χ0) is 21.6. The van der Waals surface area contributed by atoms with E-state index < -0.39 is 0 Å². The lowest BCUT2D eigenvalue weighted by Crippen LogP contribution is -2.23. The number of aromatic nitrogens is 3. The first-order valence-electron chi connectivity index (χ1n) is 10.7. The number of amides is 1. The maximum Gasteiger partial charge on any atom is 0.230 e. The van der Waals surface area contributed by atoms with Crippen molar-refractivity contribution < 1.29 is 4.79 Å². The summed E-state index contributed by atoms with van der Waals surface area (Å²) >= 11 is 4.74. The third-order valence-corrected chi connectivity index (χ3v) is 8.24. The van der Waals surface area contributed by atoms with Gasteiger partial charge in [0, 0.05) is 24.1 Å². The van der Waals surface area contributed by atoms with Crippen LogP contribution in [-0.2, 0) is 17.0 Å². The number of nitrogens with one attached hydrogen (secondary N) is 1. The molecule has 0 spiro atoms. The van der Waals surface area contributed by atoms with E-state index in [1.54, 1.807) is 34.9 Å². The molecule has 1 aromatic carbocycles. The van der Waals surface area contributed by atoms with Crippen LogP contribution in [0.3, 0.4) is 0 Å². The number of carbonyl (C=O) groups excluding carboxylic acids is 1. The van der Waals surface area contributed by atoms with Crippen molar-refractivity contribution in [2.45, 2.75) is 68.5 Å². The third kappa shape index (κ3) is 5.64. The Morgan fingerprint density at radius 1 is 1.23 bits per heavy atom. The van der Waals surface area contributed by atoms with Crippen LogP contribution in [0, 0.1) is 0 Å². The number of hydrogen-bond donors (Lipinski definition) is 1. The summed E-state index contributed by atoms with van der Waals surface area (Å²) in [6, 6.07) is 8.54. The molecule has 3 aromatic rings. The summed E-state index contributed by atoms with van der Waals surface area (Å²) in [7, 11) is 0. The molecule has 0 saturated heterocycles. The first-order valence-corrected chi connectivity index (χ1v) is 13.4. The standard InChI is InChI=1S/C22H27N5OS3/c1-3-16-9-7-8-12-19(16)27(15(2)28)21-24-18(13-29-21)14-30-22-26-25-20(31-22)23-17-10-5-4-6-11-17/h7-9,12-13,17H,3-6,10-11,14H2,1-2H3,(H,23,25). The van der Waals surface area contributed by atoms with Gasteiger partial charge in [-0.25, -0.2) is 4.98 Å². The molecule has 1 aliphatic carbocycles. The topological polar surface area (TPSA) is 71.0 Å². The molecule has 0 atom stereocenters. The highest BCUT2D eigenvalue weighted by Crippen LogP contribution is 2.34. The lowest BCUT2D eigenvalue weighted by Gasteiger charge is -2.21. The zero-order valence-corrected chi connectivity index (χ0v) is 20.3. The van der Waals surface area contributed by atoms with Gasteiger partial charge < -0.3 is 5.32 Å². The Morgan fingerprint density at radius 2 is 2.03 bits per heavy atom. The smallest absolute Gasteiger partial charge is 0.230 e. The van der Waals surface area contributed by atoms with Gasteiger partial charge in [-0.05, 0) is 30.9 Å². The molecule has 0 unspecified atom stereocenters. The van der Waals surface area contributed by atoms with Gasteiger partial charge in [0.05, 0.1) is 11.4 Å². The Bertz CT molecular complexity index is 1010. The van der Waals surface area contributed by atoms with Gasteiger partial charge in [-0.15, -0.1) is 21.5 Å². The number of rotatable bonds is 8. The SMILES string of the molecule is CCc1ccccc1N(C(C)=O)c1nc(CSc2nnc(NC3CCCCC3)s2)cs1. The zero-order valence-electron chi connectivity index (χ0n) is 17.8. The van der Waals surface area contributed by atoms with Crippen molar-refractivity contribution in [3.8, 4) is 0 Å². The van der Waals surface area contributed by atoms with E-state index in [0.29, 0.717) is 16.9 Å². The summed E-state index contributed by atoms with van der Waals surface area (Å²) in [5.74, 6) is 0.674. The van der Waals surface area contributed by atoms with Crippen LogP contribution in [0.1, 0.15) is 57.2 Å². The number of benzene rings is 1. The summed E-state index contributed by atoms with van der Waals surface area (Å²) in [6.45, 7) is 3.69. The molecule has 6 nitrogen and oxygen atoms in total. The maximum atomic E-state index is 12.4. The van der Waals surface area contributed by atoms with Crippen LogP contribution in [0.4, 0.5) is 16.0 Å². The van der Waals surface area contributed by atoms with Gasteiger partial charge in [-0.3, -0.25) is 9.69 Å². The molecule has 1 fully saturated rings. The summed E-state index contributed by atoms with van der Waals surface area (Å²) in [5.41, 5.74) is 2.99. The maximum absolute atomic E-state index is 12.4. The highest BCUT2D eigenvalue weighted by Gasteiger charge is 2.20. The molecule has 31 heavy (non-hydrogen) atoms. The second-order valence-corrected chi connectivity index (χ2v) is 10.6. The molecule has 0 bridgehead atoms. The Kier molecular flexibility index (Phi) is 7.58. The average molecular weight is 474 g/mol. The molecule has 0 aliphatic heterocycles. The lowest BCUT2D eigenvalue weighted by atomic mass is 9.96. The Hall–Kier alpha value is -1.97. The Balaban J connectivity index is 1.40. The van der Waals surface area contributed by atoms with Crippen LogP contribution in [0.5, 0.6) is 0 Å². The second kappa shape index (κ2) is 10.6. The molecule has 2 heterocycles. The molecule has 4 rings (SSSR count). The number of nitrogens with zero attached hydrogens (tertiary/aromatic N) is 4. The van der Waals surface area contributed by atoms with Crippen LogP contribution >= 0.6 is 34.4 Å². The van der Waals surface area contributed by atoms with Crippen molar-refractivity contribution in [2.75, 3.05) is 10.2 Å². The average Bonchev–Trinajstić information content (AvgIpc) is 3.43. The van der Waals surface area contributed by atoms with Crippen molar-refractivity contribution in [2.24, 2.45) is 0 Å². The van der Waals surface area contributed by atoms with Gasteiger partial charge in [0.15, 0.2) is 9.47 Å². The molecule has 1 saturated carbocycles. The van der Waals surface area contributed by atoms with Crippen LogP contribution in [0.25, 0.3) is 0 Å². The van der Waals surface area contributed by atoms with Crippen molar-refractivity contribution in [1.82, 2.24) is 15.2 Å². The molecule has 1 amide bonds. The normalized spacial score (nSPS) is 14.5. The molecular weight excluding hydrogens is 446 g/mol. The highest BCUT2D eigenvalue weighted by atomic mass is 32.2. The molecule has 164 valence electrons. The molecule has 2 aromatic heterocycles. The van der Waals surface area contributed by atoms with Gasteiger partial charge in [-0.2, -0.15) is 0 Å². The van der Waals surface area contributed by atoms with Crippen molar-refractivity contribution in [3.05, 3.63) is 40.9 Å². The monoisotopic (exact) mass is 473 g/mol. The molecule has 9 heteroatoms. The van der Waals surface area contributed by atoms with E-state index in [1.165, 1.54) is 43.4 Å². The van der Waals surface area contributed by atoms with Crippen molar-refractivity contribution >= 4 is 56.3 Å². The van der Waals surface area contributed by atoms with Gasteiger partial charge in [-0.1, -0.05) is 67.5 Å². The van der Waals surface area contributed by atoms with Crippen LogP contribution in [0.2, 0.25) is 0 Å². The second-order valence-electron chi connectivity index (χ2n) is 7.60. The minimum absolute atomic E-state index is 0.0306. The van der Waals surface area contributed by atoms with Gasteiger partial charge in [0.1, 0.15) is 0 Å². The summed E-state index contributed by atoms with van der Waals surface area (Å²) in [5, 5.41) is 15.8. The summed E-state index contributed by atoms with van der Waals surface area (Å²) in [6.07, 6.45) is 7.24. The van der Waals surface area contributed by atoms with Gasteiger partial charge in [0.25, 0.3) is 0 Å². The van der Waals surface area contributed by atoms with Crippen molar-refractivity contribution in [3.63, 3.8) is 0 Å². The minimum atomic E-state index is -0.0306. The minimum Gasteiger partial charge on any atom is -0.357 e. The van der Waals surface area contributed by atoms with E-state index in [-0.39, 0.29) is 5.91 Å². The predicted octanol–water partition coefficient (Wildman–Crippen LogP) is 6.28. The fourth-order valence-corrected chi connectivity index (χ4v) is 6.49. The fraction of sp³-hybridized carbons (Fsp3) is 0.455. The largest absolute Gasteiger partial charge is 0.357 e. The summed E-state index contributed by atoms with van der Waals surface area (Å²) in [4.78, 5) is 18.9. The quantitative estimate of drug-likeness (QED) is 0.388. The molecule has 1 N–H and O–H groups in total. The van der Waals surface area contributed by atoms with E-state index in [0.717, 1.165) is 32.8 Å². The summed E-state index contributed by atoms with van der Waals surface area (Å²) < 4.78 is 0.938. The van der Waals surface area contributed by atoms with Crippen LogP contribution < -0.4 is 10.2 Å². The van der Waals surface area contributed by atoms with Crippen LogP contribution in [0.15, 0.2) is 34.0 Å². The van der Waals surface area contributed by atoms with E-state index in [4.69, 9.17) is 4.98 Å². The van der Waals surface area contributed by atoms with E-state index in [1.807, 2.05) is 23.6 Å². The number of hydrogen-bond acceptors (Lipinski definition) is 8. The van der Waals surface area contributed by atoms with E-state index >= 15 is 0 Å². The Morgan fingerprint density at radius 3 is 2.81 bits per heavy atom. The molecular formula is C22H27N5OS3. The fourth-order valence-electron chi connectivity index (χ4n) is 3.78. The van der Waals surface area contributed by atoms with Crippen molar-refractivity contribution in [1.29, 1.82) is 0 Å². The van der Waals surface area contributed by atoms with Gasteiger partial charge in [0.2, 0.25) is 11.0 Å².